The molecule has 7 nitrogen and oxygen atoms in total. The second kappa shape index (κ2) is 5.80. The Kier molecular flexibility index (Phi) is 4.07. The molecular weight excluding hydrogens is 290 g/mol. The van der Waals surface area contributed by atoms with E-state index in [2.05, 4.69) is 0 Å². The minimum Gasteiger partial charge on any atom is -0.489 e. The van der Waals surface area contributed by atoms with Gasteiger partial charge in [0.2, 0.25) is 23.1 Å². The van der Waals surface area contributed by atoms with E-state index >= 15 is 0 Å². The highest BCUT2D eigenvalue weighted by Gasteiger charge is 2.35. The van der Waals surface area contributed by atoms with E-state index in [1.807, 2.05) is 0 Å². The maximum Gasteiger partial charge on any atom is 0.269 e. The summed E-state index contributed by atoms with van der Waals surface area (Å²) in [7, 11) is 2.55. The van der Waals surface area contributed by atoms with Crippen LogP contribution in [0.25, 0.3) is 5.57 Å². The minimum atomic E-state index is -0.539. The molecule has 0 radical (unpaired) electrons. The Morgan fingerprint density at radius 3 is 1.91 bits per heavy atom. The SMILES string of the molecule is COC1=C(OC)C(=O)C(c2ccc([N+](=O)[O-])cc2)=C(C)C1=O. The third-order valence-electron chi connectivity index (χ3n) is 3.34. The number of hydrogen-bond donors (Lipinski definition) is 0. The van der Waals surface area contributed by atoms with Crippen molar-refractivity contribution in [3.05, 3.63) is 57.0 Å². The second-order valence-electron chi connectivity index (χ2n) is 4.53. The molecule has 1 aromatic carbocycles. The Hall–Kier alpha value is -2.96. The first-order valence-corrected chi connectivity index (χ1v) is 6.29. The highest BCUT2D eigenvalue weighted by molar-refractivity contribution is 6.38. The Morgan fingerprint density at radius 1 is 0.955 bits per heavy atom. The van der Waals surface area contributed by atoms with Crippen LogP contribution in [0.1, 0.15) is 12.5 Å². The van der Waals surface area contributed by atoms with Crippen LogP contribution < -0.4 is 0 Å². The van der Waals surface area contributed by atoms with Crippen LogP contribution >= 0.6 is 0 Å². The number of nitro benzene ring substituents is 1. The lowest BCUT2D eigenvalue weighted by Gasteiger charge is -2.20. The lowest BCUT2D eigenvalue weighted by molar-refractivity contribution is -0.384. The fourth-order valence-corrected chi connectivity index (χ4v) is 2.24. The summed E-state index contributed by atoms with van der Waals surface area (Å²) >= 11 is 0. The standard InChI is InChI=1S/C15H13NO6/c1-8-11(9-4-6-10(7-5-9)16(19)20)13(18)15(22-3)14(21-2)12(8)17/h4-7H,1-3H3. The van der Waals surface area contributed by atoms with Crippen molar-refractivity contribution in [2.75, 3.05) is 14.2 Å². The zero-order chi connectivity index (χ0) is 16.4. The van der Waals surface area contributed by atoms with E-state index < -0.39 is 16.5 Å². The molecule has 0 amide bonds. The number of allylic oxidation sites excluding steroid dienone is 2. The summed E-state index contributed by atoms with van der Waals surface area (Å²) in [5.74, 6) is -1.26. The molecule has 0 unspecified atom stereocenters. The van der Waals surface area contributed by atoms with Crippen molar-refractivity contribution < 1.29 is 24.0 Å². The molecule has 0 aliphatic heterocycles. The average Bonchev–Trinajstić information content (AvgIpc) is 2.51. The first-order valence-electron chi connectivity index (χ1n) is 6.29. The summed E-state index contributed by atoms with van der Waals surface area (Å²) in [5.41, 5.74) is 0.664. The van der Waals surface area contributed by atoms with Crippen LogP contribution in [-0.4, -0.2) is 30.7 Å². The number of carbonyl (C=O) groups excluding carboxylic acids is 2. The molecule has 22 heavy (non-hydrogen) atoms. The molecule has 0 saturated carbocycles. The summed E-state index contributed by atoms with van der Waals surface area (Å²) in [6.07, 6.45) is 0. The molecule has 1 aliphatic rings. The third-order valence-corrected chi connectivity index (χ3v) is 3.34. The third kappa shape index (κ3) is 2.37. The van der Waals surface area contributed by atoms with Gasteiger partial charge >= 0.3 is 0 Å². The molecule has 7 heteroatoms. The highest BCUT2D eigenvalue weighted by atomic mass is 16.6. The van der Waals surface area contributed by atoms with E-state index in [1.54, 1.807) is 0 Å². The number of ether oxygens (including phenoxy) is 2. The number of methoxy groups -OCH3 is 2. The number of rotatable bonds is 4. The predicted molar refractivity (Wildman–Crippen MR) is 76.7 cm³/mol. The van der Waals surface area contributed by atoms with Crippen LogP contribution in [0, 0.1) is 10.1 Å². The lowest BCUT2D eigenvalue weighted by Crippen LogP contribution is -2.24. The summed E-state index contributed by atoms with van der Waals surface area (Å²) in [5, 5.41) is 10.7. The Morgan fingerprint density at radius 2 is 1.45 bits per heavy atom. The molecule has 0 saturated heterocycles. The molecule has 2 rings (SSSR count). The van der Waals surface area contributed by atoms with Crippen LogP contribution in [0.4, 0.5) is 5.69 Å². The summed E-state index contributed by atoms with van der Waals surface area (Å²) in [4.78, 5) is 34.9. The van der Waals surface area contributed by atoms with Gasteiger partial charge in [-0.25, -0.2) is 0 Å². The molecule has 114 valence electrons. The van der Waals surface area contributed by atoms with Crippen LogP contribution in [-0.2, 0) is 19.1 Å². The first kappa shape index (κ1) is 15.4. The molecule has 0 N–H and O–H groups in total. The van der Waals surface area contributed by atoms with Crippen LogP contribution in [0.15, 0.2) is 41.4 Å². The van der Waals surface area contributed by atoms with E-state index in [0.717, 1.165) is 0 Å². The van der Waals surface area contributed by atoms with Gasteiger partial charge in [0.15, 0.2) is 0 Å². The van der Waals surface area contributed by atoms with E-state index in [1.165, 1.54) is 45.4 Å². The number of nitrogens with zero attached hydrogens (tertiary/aromatic N) is 1. The molecule has 0 fully saturated rings. The molecule has 0 spiro atoms. The zero-order valence-electron chi connectivity index (χ0n) is 12.2. The van der Waals surface area contributed by atoms with Crippen LogP contribution in [0.5, 0.6) is 0 Å². The largest absolute Gasteiger partial charge is 0.489 e. The molecule has 1 aliphatic carbocycles. The van der Waals surface area contributed by atoms with Gasteiger partial charge in [-0.3, -0.25) is 19.7 Å². The predicted octanol–water partition coefficient (Wildman–Crippen LogP) is 2.02. The molecular formula is C15H13NO6. The van der Waals surface area contributed by atoms with Crippen molar-refractivity contribution in [3.8, 4) is 0 Å². The number of carbonyl (C=O) groups is 2. The molecule has 0 bridgehead atoms. The van der Waals surface area contributed by atoms with Gasteiger partial charge in [0.1, 0.15) is 0 Å². The van der Waals surface area contributed by atoms with Crippen LogP contribution in [0.3, 0.4) is 0 Å². The summed E-state index contributed by atoms with van der Waals surface area (Å²) in [6.45, 7) is 1.50. The van der Waals surface area contributed by atoms with Gasteiger partial charge in [0.25, 0.3) is 5.69 Å². The van der Waals surface area contributed by atoms with Crippen LogP contribution in [0.2, 0.25) is 0 Å². The quantitative estimate of drug-likeness (QED) is 0.479. The first-order chi connectivity index (χ1) is 10.4. The Balaban J connectivity index is 2.55. The van der Waals surface area contributed by atoms with Crippen molar-refractivity contribution in [1.82, 2.24) is 0 Å². The topological polar surface area (TPSA) is 95.7 Å². The van der Waals surface area contributed by atoms with Crippen molar-refractivity contribution in [1.29, 1.82) is 0 Å². The van der Waals surface area contributed by atoms with Gasteiger partial charge in [0, 0.05) is 23.3 Å². The van der Waals surface area contributed by atoms with Gasteiger partial charge < -0.3 is 9.47 Å². The van der Waals surface area contributed by atoms with E-state index in [9.17, 15) is 19.7 Å². The lowest BCUT2D eigenvalue weighted by atomic mass is 9.88. The summed E-state index contributed by atoms with van der Waals surface area (Å²) in [6, 6.07) is 5.39. The number of non-ortho nitro benzene ring substituents is 1. The van der Waals surface area contributed by atoms with Gasteiger partial charge in [0.05, 0.1) is 19.1 Å². The van der Waals surface area contributed by atoms with Gasteiger partial charge in [-0.15, -0.1) is 0 Å². The number of benzene rings is 1. The number of Topliss-reactive ketones (excluding diaryl/α,β-unsaturated/α-hetero) is 2. The average molecular weight is 303 g/mol. The van der Waals surface area contributed by atoms with Crippen molar-refractivity contribution >= 4 is 22.8 Å². The maximum absolute atomic E-state index is 12.5. The second-order valence-corrected chi connectivity index (χ2v) is 4.53. The Bertz CT molecular complexity index is 727. The van der Waals surface area contributed by atoms with E-state index in [0.29, 0.717) is 5.56 Å². The van der Waals surface area contributed by atoms with Crippen molar-refractivity contribution in [2.24, 2.45) is 0 Å². The zero-order valence-corrected chi connectivity index (χ0v) is 12.2. The monoisotopic (exact) mass is 303 g/mol. The smallest absolute Gasteiger partial charge is 0.269 e. The normalized spacial score (nSPS) is 15.2. The van der Waals surface area contributed by atoms with Crippen molar-refractivity contribution in [3.63, 3.8) is 0 Å². The molecule has 0 heterocycles. The fourth-order valence-electron chi connectivity index (χ4n) is 2.24. The minimum absolute atomic E-state index is 0.100. The van der Waals surface area contributed by atoms with Crippen molar-refractivity contribution in [2.45, 2.75) is 6.92 Å². The maximum atomic E-state index is 12.5. The number of ketones is 2. The molecule has 0 atom stereocenters. The Labute approximate surface area is 126 Å². The fraction of sp³-hybridized carbons (Fsp3) is 0.200. The van der Waals surface area contributed by atoms with E-state index in [4.69, 9.17) is 9.47 Å². The van der Waals surface area contributed by atoms with Gasteiger partial charge in [-0.1, -0.05) is 0 Å². The van der Waals surface area contributed by atoms with Gasteiger partial charge in [-0.2, -0.15) is 0 Å². The number of hydrogen-bond acceptors (Lipinski definition) is 6. The highest BCUT2D eigenvalue weighted by Crippen LogP contribution is 2.32. The van der Waals surface area contributed by atoms with E-state index in [-0.39, 0.29) is 28.4 Å². The molecule has 1 aromatic rings. The van der Waals surface area contributed by atoms with Gasteiger partial charge in [-0.05, 0) is 24.6 Å². The molecule has 0 aromatic heterocycles. The summed E-state index contributed by atoms with van der Waals surface area (Å²) < 4.78 is 9.92. The number of nitro groups is 1.